The van der Waals surface area contributed by atoms with Crippen molar-refractivity contribution < 1.29 is 13.2 Å². The Morgan fingerprint density at radius 1 is 1.50 bits per heavy atom. The standard InChI is InChI=1S/C11H12F3N3S/c12-11(13,14)6-17(7-3-4-7)8-2-1-5-16-9(8)10(15)18/h1-2,5,7H,3-4,6H2,(H2,15,18). The highest BCUT2D eigenvalue weighted by Gasteiger charge is 2.39. The summed E-state index contributed by atoms with van der Waals surface area (Å²) < 4.78 is 37.8. The first-order chi connectivity index (χ1) is 8.38. The Kier molecular flexibility index (Phi) is 3.43. The van der Waals surface area contributed by atoms with E-state index in [1.54, 1.807) is 12.1 Å². The van der Waals surface area contributed by atoms with Crippen LogP contribution >= 0.6 is 12.2 Å². The third-order valence-corrected chi connectivity index (χ3v) is 2.86. The van der Waals surface area contributed by atoms with Gasteiger partial charge in [-0.05, 0) is 25.0 Å². The van der Waals surface area contributed by atoms with E-state index in [1.165, 1.54) is 11.1 Å². The Labute approximate surface area is 108 Å². The van der Waals surface area contributed by atoms with Crippen molar-refractivity contribution in [1.29, 1.82) is 0 Å². The highest BCUT2D eigenvalue weighted by molar-refractivity contribution is 7.80. The van der Waals surface area contributed by atoms with Crippen molar-refractivity contribution in [2.24, 2.45) is 5.73 Å². The number of hydrogen-bond acceptors (Lipinski definition) is 3. The first-order valence-electron chi connectivity index (χ1n) is 5.46. The van der Waals surface area contributed by atoms with Gasteiger partial charge in [0.15, 0.2) is 0 Å². The number of rotatable bonds is 4. The van der Waals surface area contributed by atoms with Crippen LogP contribution in [0.3, 0.4) is 0 Å². The molecule has 1 aromatic rings. The molecule has 0 bridgehead atoms. The second-order valence-electron chi connectivity index (χ2n) is 4.21. The van der Waals surface area contributed by atoms with Gasteiger partial charge in [0.1, 0.15) is 17.2 Å². The minimum atomic E-state index is -4.26. The number of alkyl halides is 3. The van der Waals surface area contributed by atoms with Crippen molar-refractivity contribution >= 4 is 22.9 Å². The quantitative estimate of drug-likeness (QED) is 0.856. The molecule has 1 aromatic heterocycles. The summed E-state index contributed by atoms with van der Waals surface area (Å²) in [4.78, 5) is 5.27. The summed E-state index contributed by atoms with van der Waals surface area (Å²) in [5.74, 6) is 0. The molecule has 1 aliphatic carbocycles. The zero-order valence-electron chi connectivity index (χ0n) is 9.44. The number of thiocarbonyl (C=S) groups is 1. The van der Waals surface area contributed by atoms with Crippen LogP contribution in [0.2, 0.25) is 0 Å². The zero-order chi connectivity index (χ0) is 13.3. The number of anilines is 1. The fourth-order valence-electron chi connectivity index (χ4n) is 1.81. The first-order valence-corrected chi connectivity index (χ1v) is 5.87. The van der Waals surface area contributed by atoms with E-state index in [-0.39, 0.29) is 16.7 Å². The Bertz CT molecular complexity index is 457. The van der Waals surface area contributed by atoms with Crippen molar-refractivity contribution in [3.05, 3.63) is 24.0 Å². The minimum Gasteiger partial charge on any atom is -0.388 e. The highest BCUT2D eigenvalue weighted by atomic mass is 32.1. The largest absolute Gasteiger partial charge is 0.405 e. The summed E-state index contributed by atoms with van der Waals surface area (Å²) in [5.41, 5.74) is 6.12. The molecular formula is C11H12F3N3S. The van der Waals surface area contributed by atoms with Gasteiger partial charge in [0.2, 0.25) is 0 Å². The molecule has 98 valence electrons. The first kappa shape index (κ1) is 13.1. The number of pyridine rings is 1. The molecule has 3 nitrogen and oxygen atoms in total. The monoisotopic (exact) mass is 275 g/mol. The summed E-state index contributed by atoms with van der Waals surface area (Å²) >= 11 is 4.82. The van der Waals surface area contributed by atoms with Crippen molar-refractivity contribution in [2.45, 2.75) is 25.1 Å². The fraction of sp³-hybridized carbons (Fsp3) is 0.455. The van der Waals surface area contributed by atoms with Gasteiger partial charge in [-0.3, -0.25) is 4.98 Å². The van der Waals surface area contributed by atoms with Gasteiger partial charge in [-0.1, -0.05) is 12.2 Å². The molecule has 1 saturated carbocycles. The summed E-state index contributed by atoms with van der Waals surface area (Å²) in [6.07, 6.45) is -1.29. The van der Waals surface area contributed by atoms with Gasteiger partial charge in [-0.2, -0.15) is 13.2 Å². The van der Waals surface area contributed by atoms with Gasteiger partial charge < -0.3 is 10.6 Å². The van der Waals surface area contributed by atoms with E-state index < -0.39 is 12.7 Å². The van der Waals surface area contributed by atoms with Crippen LogP contribution in [0.25, 0.3) is 0 Å². The third kappa shape index (κ3) is 3.10. The topological polar surface area (TPSA) is 42.1 Å². The van der Waals surface area contributed by atoms with Gasteiger partial charge in [0.25, 0.3) is 0 Å². The molecule has 1 heterocycles. The van der Waals surface area contributed by atoms with E-state index in [2.05, 4.69) is 4.98 Å². The van der Waals surface area contributed by atoms with Crippen LogP contribution in [0, 0.1) is 0 Å². The molecule has 0 amide bonds. The lowest BCUT2D eigenvalue weighted by atomic mass is 10.2. The molecule has 18 heavy (non-hydrogen) atoms. The maximum Gasteiger partial charge on any atom is 0.405 e. The number of halogens is 3. The fourth-order valence-corrected chi connectivity index (χ4v) is 1.97. The van der Waals surface area contributed by atoms with Gasteiger partial charge in [0, 0.05) is 12.2 Å². The molecule has 1 aliphatic rings. The van der Waals surface area contributed by atoms with E-state index in [9.17, 15) is 13.2 Å². The lowest BCUT2D eigenvalue weighted by Gasteiger charge is -2.27. The smallest absolute Gasteiger partial charge is 0.388 e. The lowest BCUT2D eigenvalue weighted by Crippen LogP contribution is -2.37. The van der Waals surface area contributed by atoms with Crippen LogP contribution in [-0.2, 0) is 0 Å². The van der Waals surface area contributed by atoms with Crippen LogP contribution in [0.1, 0.15) is 18.5 Å². The lowest BCUT2D eigenvalue weighted by molar-refractivity contribution is -0.120. The molecule has 0 aliphatic heterocycles. The maximum atomic E-state index is 12.6. The van der Waals surface area contributed by atoms with Crippen molar-refractivity contribution in [3.63, 3.8) is 0 Å². The van der Waals surface area contributed by atoms with Crippen LogP contribution in [0.4, 0.5) is 18.9 Å². The van der Waals surface area contributed by atoms with Crippen molar-refractivity contribution in [2.75, 3.05) is 11.4 Å². The molecule has 0 unspecified atom stereocenters. The molecule has 0 atom stereocenters. The zero-order valence-corrected chi connectivity index (χ0v) is 10.3. The van der Waals surface area contributed by atoms with Gasteiger partial charge in [-0.15, -0.1) is 0 Å². The average molecular weight is 275 g/mol. The molecule has 2 N–H and O–H groups in total. The molecule has 0 aromatic carbocycles. The number of hydrogen-bond donors (Lipinski definition) is 1. The molecule has 0 spiro atoms. The number of nitrogens with two attached hydrogens (primary N) is 1. The summed E-state index contributed by atoms with van der Waals surface area (Å²) in [5, 5.41) is 0. The van der Waals surface area contributed by atoms with E-state index in [4.69, 9.17) is 18.0 Å². The minimum absolute atomic E-state index is 0.0124. The third-order valence-electron chi connectivity index (χ3n) is 2.67. The number of aromatic nitrogens is 1. The van der Waals surface area contributed by atoms with Crippen molar-refractivity contribution in [1.82, 2.24) is 4.98 Å². The van der Waals surface area contributed by atoms with Crippen LogP contribution in [0.15, 0.2) is 18.3 Å². The summed E-state index contributed by atoms with van der Waals surface area (Å²) in [6.45, 7) is -1.00. The van der Waals surface area contributed by atoms with E-state index in [0.717, 1.165) is 12.8 Å². The predicted octanol–water partition coefficient (Wildman–Crippen LogP) is 2.25. The van der Waals surface area contributed by atoms with E-state index in [0.29, 0.717) is 5.69 Å². The van der Waals surface area contributed by atoms with Crippen LogP contribution in [-0.4, -0.2) is 28.7 Å². The van der Waals surface area contributed by atoms with Gasteiger partial charge in [0.05, 0.1) is 5.69 Å². The van der Waals surface area contributed by atoms with Gasteiger partial charge >= 0.3 is 6.18 Å². The molecule has 1 fully saturated rings. The average Bonchev–Trinajstić information content (AvgIpc) is 3.08. The van der Waals surface area contributed by atoms with Gasteiger partial charge in [-0.25, -0.2) is 0 Å². The molecular weight excluding hydrogens is 263 g/mol. The predicted molar refractivity (Wildman–Crippen MR) is 66.5 cm³/mol. The second kappa shape index (κ2) is 4.72. The van der Waals surface area contributed by atoms with E-state index >= 15 is 0 Å². The number of nitrogens with zero attached hydrogens (tertiary/aromatic N) is 2. The van der Waals surface area contributed by atoms with Crippen LogP contribution < -0.4 is 10.6 Å². The Hall–Kier alpha value is -1.37. The summed E-state index contributed by atoms with van der Waals surface area (Å²) in [7, 11) is 0. The maximum absolute atomic E-state index is 12.6. The van der Waals surface area contributed by atoms with E-state index in [1.807, 2.05) is 0 Å². The Morgan fingerprint density at radius 3 is 2.67 bits per heavy atom. The normalized spacial score (nSPS) is 15.5. The second-order valence-corrected chi connectivity index (χ2v) is 4.65. The molecule has 0 saturated heterocycles. The molecule has 7 heteroatoms. The molecule has 2 rings (SSSR count). The Balaban J connectivity index is 2.33. The SMILES string of the molecule is NC(=S)c1ncccc1N(CC(F)(F)F)C1CC1. The summed E-state index contributed by atoms with van der Waals surface area (Å²) in [6, 6.07) is 3.07. The van der Waals surface area contributed by atoms with Crippen LogP contribution in [0.5, 0.6) is 0 Å². The van der Waals surface area contributed by atoms with Crippen molar-refractivity contribution in [3.8, 4) is 0 Å². The highest BCUT2D eigenvalue weighted by Crippen LogP contribution is 2.35. The molecule has 0 radical (unpaired) electrons. The Morgan fingerprint density at radius 2 is 2.17 bits per heavy atom.